The fraction of sp³-hybridized carbons (Fsp3) is 0.462. The van der Waals surface area contributed by atoms with Gasteiger partial charge >= 0.3 is 5.97 Å². The zero-order chi connectivity index (χ0) is 10.8. The molecule has 2 nitrogen and oxygen atoms in total. The van der Waals surface area contributed by atoms with Gasteiger partial charge in [-0.25, -0.2) is 0 Å². The largest absolute Gasteiger partial charge is 0.466 e. The third-order valence-corrected chi connectivity index (χ3v) is 3.24. The predicted molar refractivity (Wildman–Crippen MR) is 58.7 cm³/mol. The van der Waals surface area contributed by atoms with Crippen molar-refractivity contribution in [3.05, 3.63) is 35.4 Å². The zero-order valence-corrected chi connectivity index (χ0v) is 9.19. The van der Waals surface area contributed by atoms with E-state index in [-0.39, 0.29) is 5.97 Å². The van der Waals surface area contributed by atoms with Crippen LogP contribution in [0.4, 0.5) is 0 Å². The normalized spacial score (nSPS) is 23.6. The van der Waals surface area contributed by atoms with Gasteiger partial charge in [-0.15, -0.1) is 0 Å². The van der Waals surface area contributed by atoms with Crippen molar-refractivity contribution < 1.29 is 9.53 Å². The second kappa shape index (κ2) is 4.05. The Labute approximate surface area is 90.3 Å². The van der Waals surface area contributed by atoms with Crippen molar-refractivity contribution in [2.75, 3.05) is 6.61 Å². The van der Waals surface area contributed by atoms with E-state index in [1.54, 1.807) is 0 Å². The Morgan fingerprint density at radius 2 is 2.20 bits per heavy atom. The highest BCUT2D eigenvalue weighted by Gasteiger charge is 2.29. The van der Waals surface area contributed by atoms with Crippen LogP contribution in [0.15, 0.2) is 24.3 Å². The molecule has 1 aromatic rings. The first kappa shape index (κ1) is 10.2. The molecule has 1 aromatic carbocycles. The van der Waals surface area contributed by atoms with Crippen LogP contribution in [0.25, 0.3) is 0 Å². The van der Waals surface area contributed by atoms with Crippen LogP contribution in [0.2, 0.25) is 0 Å². The molecular formula is C13H16O2. The first-order valence-corrected chi connectivity index (χ1v) is 5.39. The number of carbonyl (C=O) groups is 1. The van der Waals surface area contributed by atoms with E-state index in [1.165, 1.54) is 18.1 Å². The highest BCUT2D eigenvalue weighted by molar-refractivity contribution is 5.65. The van der Waals surface area contributed by atoms with Gasteiger partial charge in [-0.05, 0) is 23.5 Å². The van der Waals surface area contributed by atoms with E-state index < -0.39 is 0 Å². The second-order valence-electron chi connectivity index (χ2n) is 4.25. The minimum absolute atomic E-state index is 0.182. The smallest absolute Gasteiger partial charge is 0.302 e. The van der Waals surface area contributed by atoms with Gasteiger partial charge in [0, 0.05) is 12.8 Å². The van der Waals surface area contributed by atoms with Crippen molar-refractivity contribution in [3.63, 3.8) is 0 Å². The highest BCUT2D eigenvalue weighted by atomic mass is 16.5. The van der Waals surface area contributed by atoms with Gasteiger partial charge in [-0.3, -0.25) is 4.79 Å². The van der Waals surface area contributed by atoms with Crippen LogP contribution in [0, 0.1) is 5.92 Å². The molecule has 0 amide bonds. The number of hydrogen-bond acceptors (Lipinski definition) is 2. The summed E-state index contributed by atoms with van der Waals surface area (Å²) in [4.78, 5) is 10.8. The molecule has 0 heterocycles. The summed E-state index contributed by atoms with van der Waals surface area (Å²) in [5, 5.41) is 0. The van der Waals surface area contributed by atoms with E-state index in [0.717, 1.165) is 6.42 Å². The molecule has 0 N–H and O–H groups in total. The lowest BCUT2D eigenvalue weighted by molar-refractivity contribution is -0.142. The number of fused-ring (bicyclic) bond motifs is 1. The maximum atomic E-state index is 10.8. The molecule has 0 fully saturated rings. The molecule has 15 heavy (non-hydrogen) atoms. The lowest BCUT2D eigenvalue weighted by Crippen LogP contribution is -2.15. The number of rotatable bonds is 2. The first-order valence-electron chi connectivity index (χ1n) is 5.39. The molecule has 0 unspecified atom stereocenters. The highest BCUT2D eigenvalue weighted by Crippen LogP contribution is 2.37. The Morgan fingerprint density at radius 3 is 2.87 bits per heavy atom. The summed E-state index contributed by atoms with van der Waals surface area (Å²) in [6, 6.07) is 8.48. The second-order valence-corrected chi connectivity index (χ2v) is 4.25. The van der Waals surface area contributed by atoms with Gasteiger partial charge in [0.05, 0.1) is 6.61 Å². The van der Waals surface area contributed by atoms with Crippen molar-refractivity contribution >= 4 is 5.97 Å². The number of esters is 1. The van der Waals surface area contributed by atoms with E-state index in [4.69, 9.17) is 4.74 Å². The lowest BCUT2D eigenvalue weighted by Gasteiger charge is -2.15. The molecule has 0 spiro atoms. The molecule has 2 heteroatoms. The maximum Gasteiger partial charge on any atom is 0.302 e. The summed E-state index contributed by atoms with van der Waals surface area (Å²) in [5.74, 6) is 0.769. The SMILES string of the molecule is CC(=O)OC[C@@H]1Cc2ccccc2[C@H]1C. The maximum absolute atomic E-state index is 10.8. The van der Waals surface area contributed by atoms with Crippen LogP contribution in [0.1, 0.15) is 30.9 Å². The van der Waals surface area contributed by atoms with Crippen LogP contribution >= 0.6 is 0 Å². The standard InChI is InChI=1S/C13H16O2/c1-9-12(8-15-10(2)14)7-11-5-3-4-6-13(9)11/h3-6,9,12H,7-8H2,1-2H3/t9-,12-/m0/s1. The number of hydrogen-bond donors (Lipinski definition) is 0. The van der Waals surface area contributed by atoms with Gasteiger partial charge in [0.25, 0.3) is 0 Å². The molecule has 80 valence electrons. The third kappa shape index (κ3) is 2.04. The summed E-state index contributed by atoms with van der Waals surface area (Å²) >= 11 is 0. The summed E-state index contributed by atoms with van der Waals surface area (Å²) in [6.07, 6.45) is 1.03. The van der Waals surface area contributed by atoms with Gasteiger partial charge in [-0.1, -0.05) is 31.2 Å². The average Bonchev–Trinajstić information content (AvgIpc) is 2.54. The van der Waals surface area contributed by atoms with E-state index in [0.29, 0.717) is 18.4 Å². The Kier molecular flexibility index (Phi) is 2.76. The molecule has 2 rings (SSSR count). The Morgan fingerprint density at radius 1 is 1.47 bits per heavy atom. The average molecular weight is 204 g/mol. The molecule has 0 aliphatic heterocycles. The molecular weight excluding hydrogens is 188 g/mol. The number of benzene rings is 1. The molecule has 0 saturated carbocycles. The zero-order valence-electron chi connectivity index (χ0n) is 9.19. The van der Waals surface area contributed by atoms with Crippen molar-refractivity contribution in [2.24, 2.45) is 5.92 Å². The van der Waals surface area contributed by atoms with Crippen LogP contribution in [-0.2, 0) is 16.0 Å². The summed E-state index contributed by atoms with van der Waals surface area (Å²) in [6.45, 7) is 4.22. The van der Waals surface area contributed by atoms with Crippen molar-refractivity contribution in [2.45, 2.75) is 26.2 Å². The van der Waals surface area contributed by atoms with Crippen LogP contribution in [0.5, 0.6) is 0 Å². The minimum Gasteiger partial charge on any atom is -0.466 e. The summed E-state index contributed by atoms with van der Waals surface area (Å²) in [7, 11) is 0. The first-order chi connectivity index (χ1) is 7.18. The molecule has 1 aliphatic carbocycles. The Balaban J connectivity index is 2.06. The Hall–Kier alpha value is -1.31. The van der Waals surface area contributed by atoms with Crippen molar-refractivity contribution in [1.82, 2.24) is 0 Å². The molecule has 0 saturated heterocycles. The predicted octanol–water partition coefficient (Wildman–Crippen LogP) is 2.53. The van der Waals surface area contributed by atoms with Crippen LogP contribution < -0.4 is 0 Å². The van der Waals surface area contributed by atoms with E-state index >= 15 is 0 Å². The van der Waals surface area contributed by atoms with Gasteiger partial charge in [0.2, 0.25) is 0 Å². The van der Waals surface area contributed by atoms with E-state index in [9.17, 15) is 4.79 Å². The lowest BCUT2D eigenvalue weighted by atomic mass is 9.95. The summed E-state index contributed by atoms with van der Waals surface area (Å²) in [5.41, 5.74) is 2.82. The third-order valence-electron chi connectivity index (χ3n) is 3.24. The van der Waals surface area contributed by atoms with Gasteiger partial charge in [0.15, 0.2) is 0 Å². The molecule has 2 atom stereocenters. The summed E-state index contributed by atoms with van der Waals surface area (Å²) < 4.78 is 5.09. The number of ether oxygens (including phenoxy) is 1. The molecule has 1 aliphatic rings. The Bertz CT molecular complexity index is 371. The minimum atomic E-state index is -0.182. The van der Waals surface area contributed by atoms with Gasteiger partial charge < -0.3 is 4.74 Å². The van der Waals surface area contributed by atoms with Crippen LogP contribution in [0.3, 0.4) is 0 Å². The fourth-order valence-corrected chi connectivity index (χ4v) is 2.31. The van der Waals surface area contributed by atoms with Crippen LogP contribution in [-0.4, -0.2) is 12.6 Å². The van der Waals surface area contributed by atoms with E-state index in [2.05, 4.69) is 31.2 Å². The van der Waals surface area contributed by atoms with Crippen molar-refractivity contribution in [3.8, 4) is 0 Å². The van der Waals surface area contributed by atoms with Crippen molar-refractivity contribution in [1.29, 1.82) is 0 Å². The van der Waals surface area contributed by atoms with Gasteiger partial charge in [-0.2, -0.15) is 0 Å². The molecule has 0 aromatic heterocycles. The van der Waals surface area contributed by atoms with E-state index in [1.807, 2.05) is 0 Å². The topological polar surface area (TPSA) is 26.3 Å². The number of carbonyl (C=O) groups excluding carboxylic acids is 1. The molecule has 0 radical (unpaired) electrons. The fourth-order valence-electron chi connectivity index (χ4n) is 2.31. The van der Waals surface area contributed by atoms with Gasteiger partial charge in [0.1, 0.15) is 0 Å². The monoisotopic (exact) mass is 204 g/mol. The molecule has 0 bridgehead atoms. The quantitative estimate of drug-likeness (QED) is 0.692.